The van der Waals surface area contributed by atoms with Gasteiger partial charge in [0.2, 0.25) is 0 Å². The van der Waals surface area contributed by atoms with Gasteiger partial charge in [-0.3, -0.25) is 4.48 Å². The summed E-state index contributed by atoms with van der Waals surface area (Å²) in [4.78, 5) is 0. The van der Waals surface area contributed by atoms with E-state index in [1.807, 2.05) is 0 Å². The second-order valence-electron chi connectivity index (χ2n) is 8.19. The number of ether oxygens (including phenoxy) is 1. The zero-order chi connectivity index (χ0) is 17.7. The molecule has 1 aromatic carbocycles. The molecular weight excluding hydrogens is 282 g/mol. The fourth-order valence-electron chi connectivity index (χ4n) is 4.00. The van der Waals surface area contributed by atoms with E-state index in [0.717, 1.165) is 11.1 Å². The average molecular weight is 321 g/mol. The third-order valence-corrected chi connectivity index (χ3v) is 5.22. The lowest BCUT2D eigenvalue weighted by atomic mass is 9.74. The van der Waals surface area contributed by atoms with Crippen molar-refractivity contribution in [2.75, 3.05) is 20.7 Å². The van der Waals surface area contributed by atoms with Crippen molar-refractivity contribution in [1.29, 1.82) is 0 Å². The molecule has 2 heteroatoms. The van der Waals surface area contributed by atoms with Crippen molar-refractivity contribution < 1.29 is 9.22 Å². The lowest BCUT2D eigenvalue weighted by Crippen LogP contribution is -2.63. The van der Waals surface area contributed by atoms with E-state index < -0.39 is 0 Å². The number of benzene rings is 1. The van der Waals surface area contributed by atoms with Crippen LogP contribution in [0, 0.1) is 11.8 Å². The molecule has 1 atom stereocenters. The molecule has 0 spiro atoms. The van der Waals surface area contributed by atoms with Gasteiger partial charge in [-0.1, -0.05) is 58.0 Å². The molecule has 0 saturated carbocycles. The predicted molar refractivity (Wildman–Crippen MR) is 100 cm³/mol. The zero-order valence-corrected chi connectivity index (χ0v) is 16.6. The van der Waals surface area contributed by atoms with Crippen LogP contribution in [0.5, 0.6) is 0 Å². The number of quaternary nitrogens is 1. The van der Waals surface area contributed by atoms with Crippen LogP contribution in [0.25, 0.3) is 0 Å². The summed E-state index contributed by atoms with van der Waals surface area (Å²) in [6.45, 7) is 14.4. The van der Waals surface area contributed by atoms with Crippen LogP contribution in [0.4, 0.5) is 0 Å². The Labute approximate surface area is 144 Å². The Morgan fingerprint density at radius 3 is 1.78 bits per heavy atom. The fourth-order valence-corrected chi connectivity index (χ4v) is 4.00. The molecule has 0 amide bonds. The molecule has 0 saturated heterocycles. The van der Waals surface area contributed by atoms with Crippen LogP contribution in [-0.2, 0) is 10.3 Å². The monoisotopic (exact) mass is 320 g/mol. The molecular formula is C21H38NO+. The van der Waals surface area contributed by atoms with Crippen molar-refractivity contribution in [3.05, 3.63) is 35.9 Å². The third-order valence-electron chi connectivity index (χ3n) is 5.22. The Bertz CT molecular complexity index is 440. The molecule has 0 fully saturated rings. The van der Waals surface area contributed by atoms with Crippen molar-refractivity contribution in [2.24, 2.45) is 11.8 Å². The number of hydrogen-bond donors (Lipinski definition) is 0. The first-order valence-electron chi connectivity index (χ1n) is 9.18. The predicted octanol–water partition coefficient (Wildman–Crippen LogP) is 5.43. The van der Waals surface area contributed by atoms with Crippen LogP contribution in [0.3, 0.4) is 0 Å². The highest BCUT2D eigenvalue weighted by atomic mass is 16.5. The summed E-state index contributed by atoms with van der Waals surface area (Å²) in [6, 6.07) is 11.1. The first kappa shape index (κ1) is 20.2. The molecule has 132 valence electrons. The van der Waals surface area contributed by atoms with Crippen LogP contribution < -0.4 is 0 Å². The van der Waals surface area contributed by atoms with E-state index in [1.54, 1.807) is 0 Å². The van der Waals surface area contributed by atoms with E-state index in [4.69, 9.17) is 4.74 Å². The summed E-state index contributed by atoms with van der Waals surface area (Å²) in [5.74, 6) is 1.28. The highest BCUT2D eigenvalue weighted by Crippen LogP contribution is 2.45. The zero-order valence-electron chi connectivity index (χ0n) is 16.6. The lowest BCUT2D eigenvalue weighted by Gasteiger charge is -2.53. The molecule has 1 rings (SSSR count). The van der Waals surface area contributed by atoms with Crippen LogP contribution in [-0.4, -0.2) is 31.4 Å². The van der Waals surface area contributed by atoms with Crippen LogP contribution in [0.15, 0.2) is 30.3 Å². The molecule has 2 nitrogen and oxygen atoms in total. The van der Waals surface area contributed by atoms with E-state index in [0.29, 0.717) is 11.8 Å². The molecule has 0 aromatic heterocycles. The summed E-state index contributed by atoms with van der Waals surface area (Å²) < 4.78 is 6.93. The number of nitrogens with zero attached hydrogens (tertiary/aromatic N) is 1. The molecule has 0 radical (unpaired) electrons. The Balaban J connectivity index is 3.48. The maximum absolute atomic E-state index is 6.07. The van der Waals surface area contributed by atoms with Crippen molar-refractivity contribution in [2.45, 2.75) is 66.2 Å². The molecule has 0 aliphatic rings. The maximum atomic E-state index is 6.07. The maximum Gasteiger partial charge on any atom is 0.190 e. The van der Waals surface area contributed by atoms with Gasteiger partial charge < -0.3 is 4.74 Å². The lowest BCUT2D eigenvalue weighted by molar-refractivity contribution is -0.991. The van der Waals surface area contributed by atoms with Gasteiger partial charge in [0, 0.05) is 25.3 Å². The third kappa shape index (κ3) is 4.58. The fraction of sp³-hybridized carbons (Fsp3) is 0.714. The van der Waals surface area contributed by atoms with E-state index in [1.165, 1.54) is 18.4 Å². The van der Waals surface area contributed by atoms with Crippen molar-refractivity contribution in [3.8, 4) is 0 Å². The molecule has 0 bridgehead atoms. The van der Waals surface area contributed by atoms with Crippen LogP contribution in [0.1, 0.15) is 59.9 Å². The van der Waals surface area contributed by atoms with Gasteiger partial charge in [-0.2, -0.15) is 0 Å². The van der Waals surface area contributed by atoms with E-state index in [-0.39, 0.29) is 11.8 Å². The van der Waals surface area contributed by atoms with Gasteiger partial charge in [0.15, 0.2) is 6.23 Å². The standard InChI is InChI=1S/C21H38NO/c1-9-23-19(6)22(7,8)21(15-17(2)3,16-18(4)5)20-13-11-10-12-14-20/h10-14,17-19H,9,15-16H2,1-8H3/q+1. The molecule has 1 aromatic rings. The Morgan fingerprint density at radius 2 is 1.39 bits per heavy atom. The van der Waals surface area contributed by atoms with E-state index >= 15 is 0 Å². The highest BCUT2D eigenvalue weighted by Gasteiger charge is 2.50. The summed E-state index contributed by atoms with van der Waals surface area (Å²) >= 11 is 0. The van der Waals surface area contributed by atoms with Crippen molar-refractivity contribution in [1.82, 2.24) is 0 Å². The molecule has 0 aliphatic heterocycles. The number of hydrogen-bond acceptors (Lipinski definition) is 1. The van der Waals surface area contributed by atoms with Gasteiger partial charge >= 0.3 is 0 Å². The van der Waals surface area contributed by atoms with Gasteiger partial charge in [0.05, 0.1) is 20.7 Å². The van der Waals surface area contributed by atoms with Gasteiger partial charge in [-0.25, -0.2) is 0 Å². The van der Waals surface area contributed by atoms with E-state index in [2.05, 4.69) is 86.0 Å². The van der Waals surface area contributed by atoms with Gasteiger partial charge in [0.1, 0.15) is 5.54 Å². The van der Waals surface area contributed by atoms with Gasteiger partial charge in [-0.15, -0.1) is 0 Å². The smallest absolute Gasteiger partial charge is 0.190 e. The van der Waals surface area contributed by atoms with Crippen molar-refractivity contribution in [3.63, 3.8) is 0 Å². The van der Waals surface area contributed by atoms with Gasteiger partial charge in [0.25, 0.3) is 0 Å². The second kappa shape index (κ2) is 8.30. The van der Waals surface area contributed by atoms with E-state index in [9.17, 15) is 0 Å². The summed E-state index contributed by atoms with van der Waals surface area (Å²) in [5.41, 5.74) is 1.51. The first-order chi connectivity index (χ1) is 10.7. The Morgan fingerprint density at radius 1 is 0.913 bits per heavy atom. The largest absolute Gasteiger partial charge is 0.330 e. The summed E-state index contributed by atoms with van der Waals surface area (Å²) in [6.07, 6.45) is 2.50. The highest BCUT2D eigenvalue weighted by molar-refractivity contribution is 5.23. The number of rotatable bonds is 9. The van der Waals surface area contributed by atoms with Crippen molar-refractivity contribution >= 4 is 0 Å². The molecule has 1 unspecified atom stereocenters. The van der Waals surface area contributed by atoms with Gasteiger partial charge in [-0.05, 0) is 18.8 Å². The minimum absolute atomic E-state index is 0.0676. The second-order valence-corrected chi connectivity index (χ2v) is 8.19. The minimum atomic E-state index is 0.0676. The molecule has 0 N–H and O–H groups in total. The average Bonchev–Trinajstić information content (AvgIpc) is 2.46. The molecule has 0 heterocycles. The summed E-state index contributed by atoms with van der Waals surface area (Å²) in [7, 11) is 4.69. The Hall–Kier alpha value is -0.860. The van der Waals surface area contributed by atoms with Crippen LogP contribution >= 0.6 is 0 Å². The quantitative estimate of drug-likeness (QED) is 0.435. The SMILES string of the molecule is CCOC(C)[N+](C)(C)C(CC(C)C)(CC(C)C)c1ccccc1. The summed E-state index contributed by atoms with van der Waals surface area (Å²) in [5, 5.41) is 0. The molecule has 23 heavy (non-hydrogen) atoms. The minimum Gasteiger partial charge on any atom is -0.330 e. The molecule has 0 aliphatic carbocycles. The topological polar surface area (TPSA) is 9.23 Å². The first-order valence-corrected chi connectivity index (χ1v) is 9.18. The van der Waals surface area contributed by atoms with Crippen LogP contribution in [0.2, 0.25) is 0 Å². The normalized spacial score (nSPS) is 14.5. The Kier molecular flexibility index (Phi) is 7.29.